The maximum atomic E-state index is 12.1. The second-order valence-electron chi connectivity index (χ2n) is 12.0. The van der Waals surface area contributed by atoms with Crippen LogP contribution in [0.5, 0.6) is 0 Å². The van der Waals surface area contributed by atoms with Crippen molar-refractivity contribution in [1.82, 2.24) is 0 Å². The van der Waals surface area contributed by atoms with Gasteiger partial charge in [-0.2, -0.15) is 0 Å². The number of carbonyl (C=O) groups excluding carboxylic acids is 2. The lowest BCUT2D eigenvalue weighted by molar-refractivity contribution is -0.161. The van der Waals surface area contributed by atoms with Crippen LogP contribution in [-0.4, -0.2) is 36.4 Å². The van der Waals surface area contributed by atoms with E-state index in [1.165, 1.54) is 109 Å². The van der Waals surface area contributed by atoms with Gasteiger partial charge in [0.2, 0.25) is 0 Å². The van der Waals surface area contributed by atoms with Gasteiger partial charge < -0.3 is 14.6 Å². The number of esters is 2. The van der Waals surface area contributed by atoms with Crippen molar-refractivity contribution in [2.24, 2.45) is 0 Å². The molecule has 0 aliphatic carbocycles. The van der Waals surface area contributed by atoms with Gasteiger partial charge in [0.1, 0.15) is 6.61 Å². The predicted octanol–water partition coefficient (Wildman–Crippen LogP) is 10.7. The molecule has 5 heteroatoms. The molecule has 0 radical (unpaired) electrons. The summed E-state index contributed by atoms with van der Waals surface area (Å²) >= 11 is 0. The number of hydrogen-bond acceptors (Lipinski definition) is 5. The van der Waals surface area contributed by atoms with Crippen LogP contribution in [0.2, 0.25) is 0 Å². The lowest BCUT2D eigenvalue weighted by atomic mass is 10.1. The normalized spacial score (nSPS) is 12.4. The van der Waals surface area contributed by atoms with Gasteiger partial charge in [-0.25, -0.2) is 0 Å². The minimum absolute atomic E-state index is 0.0642. The molecule has 0 fully saturated rings. The molecule has 0 spiro atoms. The summed E-state index contributed by atoms with van der Waals surface area (Å²) in [5.74, 6) is -0.596. The number of aliphatic hydroxyl groups is 1. The molecule has 1 N–H and O–H groups in total. The van der Waals surface area contributed by atoms with Crippen LogP contribution in [0.3, 0.4) is 0 Å². The van der Waals surface area contributed by atoms with Gasteiger partial charge in [-0.05, 0) is 44.9 Å². The van der Waals surface area contributed by atoms with Crippen LogP contribution >= 0.6 is 0 Å². The van der Waals surface area contributed by atoms with Crippen LogP contribution in [0.1, 0.15) is 181 Å². The van der Waals surface area contributed by atoms with Gasteiger partial charge in [0, 0.05) is 12.8 Å². The highest BCUT2D eigenvalue weighted by atomic mass is 16.6. The molecule has 246 valence electrons. The maximum Gasteiger partial charge on any atom is 0.306 e. The molecular weight excluding hydrogens is 524 g/mol. The third-order valence-corrected chi connectivity index (χ3v) is 7.75. The van der Waals surface area contributed by atoms with Gasteiger partial charge >= 0.3 is 11.9 Å². The smallest absolute Gasteiger partial charge is 0.306 e. The summed E-state index contributed by atoms with van der Waals surface area (Å²) in [5.41, 5.74) is 0. The Kier molecular flexibility index (Phi) is 32.6. The summed E-state index contributed by atoms with van der Waals surface area (Å²) < 4.78 is 10.5. The van der Waals surface area contributed by atoms with Crippen LogP contribution in [-0.2, 0) is 19.1 Å². The Hall–Kier alpha value is -1.62. The molecule has 0 saturated heterocycles. The third kappa shape index (κ3) is 31.3. The summed E-state index contributed by atoms with van der Waals surface area (Å²) in [5, 5.41) is 9.50. The van der Waals surface area contributed by atoms with Crippen molar-refractivity contribution in [3.8, 4) is 0 Å². The van der Waals surface area contributed by atoms with Crippen molar-refractivity contribution in [3.05, 3.63) is 24.3 Å². The largest absolute Gasteiger partial charge is 0.462 e. The van der Waals surface area contributed by atoms with Crippen LogP contribution in [0.25, 0.3) is 0 Å². The molecule has 42 heavy (non-hydrogen) atoms. The Morgan fingerprint density at radius 3 is 1.45 bits per heavy atom. The predicted molar refractivity (Wildman–Crippen MR) is 178 cm³/mol. The van der Waals surface area contributed by atoms with Gasteiger partial charge in [0.05, 0.1) is 6.61 Å². The number of rotatable bonds is 32. The van der Waals surface area contributed by atoms with Crippen molar-refractivity contribution in [3.63, 3.8) is 0 Å². The maximum absolute atomic E-state index is 12.1. The van der Waals surface area contributed by atoms with E-state index < -0.39 is 6.10 Å². The first-order chi connectivity index (χ1) is 20.6. The highest BCUT2D eigenvalue weighted by Crippen LogP contribution is 2.13. The molecule has 0 aliphatic rings. The average Bonchev–Trinajstić information content (AvgIpc) is 2.99. The zero-order valence-corrected chi connectivity index (χ0v) is 27.8. The average molecular weight is 593 g/mol. The molecule has 0 bridgehead atoms. The van der Waals surface area contributed by atoms with Gasteiger partial charge in [-0.1, -0.05) is 147 Å². The Bertz CT molecular complexity index is 642. The van der Waals surface area contributed by atoms with Crippen LogP contribution in [0.4, 0.5) is 0 Å². The zero-order valence-electron chi connectivity index (χ0n) is 27.8. The fourth-order valence-corrected chi connectivity index (χ4v) is 4.99. The second kappa shape index (κ2) is 33.9. The van der Waals surface area contributed by atoms with Gasteiger partial charge in [-0.15, -0.1) is 0 Å². The number of carbonyl (C=O) groups is 2. The number of hydrogen-bond donors (Lipinski definition) is 1. The molecule has 1 atom stereocenters. The highest BCUT2D eigenvalue weighted by Gasteiger charge is 2.16. The van der Waals surface area contributed by atoms with E-state index in [0.717, 1.165) is 44.9 Å². The highest BCUT2D eigenvalue weighted by molar-refractivity contribution is 5.70. The van der Waals surface area contributed by atoms with E-state index >= 15 is 0 Å². The quantitative estimate of drug-likeness (QED) is 0.0478. The lowest BCUT2D eigenvalue weighted by Crippen LogP contribution is -2.28. The van der Waals surface area contributed by atoms with Crippen molar-refractivity contribution >= 4 is 11.9 Å². The summed E-state index contributed by atoms with van der Waals surface area (Å²) in [7, 11) is 0. The lowest BCUT2D eigenvalue weighted by Gasteiger charge is -2.15. The second-order valence-corrected chi connectivity index (χ2v) is 12.0. The number of aliphatic hydroxyl groups excluding tert-OH is 1. The van der Waals surface area contributed by atoms with Gasteiger partial charge in [0.25, 0.3) is 0 Å². The van der Waals surface area contributed by atoms with Gasteiger partial charge in [-0.3, -0.25) is 9.59 Å². The van der Waals surface area contributed by atoms with Gasteiger partial charge in [0.15, 0.2) is 6.10 Å². The fourth-order valence-electron chi connectivity index (χ4n) is 4.99. The van der Waals surface area contributed by atoms with E-state index in [1.807, 2.05) is 0 Å². The first-order valence-electron chi connectivity index (χ1n) is 17.9. The minimum Gasteiger partial charge on any atom is -0.462 e. The van der Waals surface area contributed by atoms with E-state index in [1.54, 1.807) is 0 Å². The van der Waals surface area contributed by atoms with E-state index in [4.69, 9.17) is 9.47 Å². The number of allylic oxidation sites excluding steroid dienone is 4. The first-order valence-corrected chi connectivity index (χ1v) is 17.9. The molecule has 1 unspecified atom stereocenters. The van der Waals surface area contributed by atoms with Crippen molar-refractivity contribution < 1.29 is 24.2 Å². The summed E-state index contributed by atoms with van der Waals surface area (Å²) in [6, 6.07) is 0. The van der Waals surface area contributed by atoms with Crippen molar-refractivity contribution in [2.45, 2.75) is 187 Å². The molecular formula is C37H68O5. The Morgan fingerprint density at radius 2 is 0.952 bits per heavy atom. The monoisotopic (exact) mass is 593 g/mol. The van der Waals surface area contributed by atoms with E-state index in [-0.39, 0.29) is 25.2 Å². The molecule has 0 aromatic heterocycles. The summed E-state index contributed by atoms with van der Waals surface area (Å²) in [4.78, 5) is 24.1. The minimum atomic E-state index is -0.766. The molecule has 0 amide bonds. The van der Waals surface area contributed by atoms with E-state index in [0.29, 0.717) is 12.8 Å². The first kappa shape index (κ1) is 40.4. The third-order valence-electron chi connectivity index (χ3n) is 7.75. The van der Waals surface area contributed by atoms with E-state index in [2.05, 4.69) is 38.2 Å². The standard InChI is InChI=1S/C37H68O5/c1-3-5-7-9-11-13-14-15-16-17-18-19-20-21-22-24-26-28-30-32-37(40)42-35(33-38)34-41-36(39)31-29-27-25-23-12-10-8-6-4-2/h11,13,15-16,35,38H,3-10,12,14,17-34H2,1-2H3/b13-11-,16-15-. The Morgan fingerprint density at radius 1 is 0.548 bits per heavy atom. The number of ether oxygens (including phenoxy) is 2. The molecule has 0 rings (SSSR count). The number of unbranched alkanes of at least 4 members (excludes halogenated alkanes) is 20. The Labute approximate surface area is 260 Å². The zero-order chi connectivity index (χ0) is 30.8. The molecule has 0 aromatic carbocycles. The van der Waals surface area contributed by atoms with Crippen molar-refractivity contribution in [1.29, 1.82) is 0 Å². The van der Waals surface area contributed by atoms with Crippen LogP contribution in [0.15, 0.2) is 24.3 Å². The topological polar surface area (TPSA) is 72.8 Å². The summed E-state index contributed by atoms with van der Waals surface area (Å²) in [6.07, 6.45) is 38.1. The molecule has 0 aromatic rings. The van der Waals surface area contributed by atoms with Crippen molar-refractivity contribution in [2.75, 3.05) is 13.2 Å². The molecule has 0 saturated carbocycles. The Balaban J connectivity index is 3.54. The van der Waals surface area contributed by atoms with Crippen LogP contribution < -0.4 is 0 Å². The fraction of sp³-hybridized carbons (Fsp3) is 0.838. The summed E-state index contributed by atoms with van der Waals surface area (Å²) in [6.45, 7) is 4.08. The SMILES string of the molecule is CCCCC/C=C\C/C=C\CCCCCCCCCCCC(=O)OC(CO)COC(=O)CCCCCCCCCCC. The molecule has 0 heterocycles. The molecule has 5 nitrogen and oxygen atoms in total. The van der Waals surface area contributed by atoms with E-state index in [9.17, 15) is 14.7 Å². The van der Waals surface area contributed by atoms with Crippen LogP contribution in [0, 0.1) is 0 Å². The molecule has 0 aliphatic heterocycles.